The lowest BCUT2D eigenvalue weighted by atomic mass is 9.97. The van der Waals surface area contributed by atoms with E-state index in [-0.39, 0.29) is 17.2 Å². The summed E-state index contributed by atoms with van der Waals surface area (Å²) in [7, 11) is 1.81. The van der Waals surface area contributed by atoms with Crippen LogP contribution in [-0.4, -0.2) is 33.2 Å². The molecule has 2 heterocycles. The van der Waals surface area contributed by atoms with Crippen molar-refractivity contribution in [2.24, 2.45) is 0 Å². The monoisotopic (exact) mass is 427 g/mol. The van der Waals surface area contributed by atoms with Crippen molar-refractivity contribution in [2.45, 2.75) is 50.9 Å². The molecule has 5 nitrogen and oxygen atoms in total. The van der Waals surface area contributed by atoms with Gasteiger partial charge in [-0.1, -0.05) is 42.1 Å². The van der Waals surface area contributed by atoms with Crippen LogP contribution < -0.4 is 5.56 Å². The van der Waals surface area contributed by atoms with Crippen LogP contribution in [0, 0.1) is 0 Å². The van der Waals surface area contributed by atoms with E-state index < -0.39 is 0 Å². The van der Waals surface area contributed by atoms with Crippen LogP contribution in [-0.2, 0) is 30.7 Å². The van der Waals surface area contributed by atoms with Gasteiger partial charge in [-0.05, 0) is 43.7 Å². The second-order valence-corrected chi connectivity index (χ2v) is 9.39. The third-order valence-electron chi connectivity index (χ3n) is 5.37. The Bertz CT molecular complexity index is 1090. The zero-order valence-corrected chi connectivity index (χ0v) is 18.4. The number of fused-ring (bicyclic) bond motifs is 3. The van der Waals surface area contributed by atoms with E-state index in [1.54, 1.807) is 20.8 Å². The highest BCUT2D eigenvalue weighted by molar-refractivity contribution is 7.99. The molecule has 7 heteroatoms. The van der Waals surface area contributed by atoms with Crippen LogP contribution >= 0.6 is 23.1 Å². The predicted molar refractivity (Wildman–Crippen MR) is 120 cm³/mol. The average Bonchev–Trinajstić information content (AvgIpc) is 3.11. The van der Waals surface area contributed by atoms with E-state index in [0.29, 0.717) is 18.2 Å². The number of carbonyl (C=O) groups excluding carboxylic acids is 1. The zero-order valence-electron chi connectivity index (χ0n) is 16.8. The van der Waals surface area contributed by atoms with Gasteiger partial charge in [0.1, 0.15) is 4.83 Å². The Balaban J connectivity index is 1.54. The fourth-order valence-corrected chi connectivity index (χ4v) is 6.10. The highest BCUT2D eigenvalue weighted by Crippen LogP contribution is 2.34. The van der Waals surface area contributed by atoms with E-state index >= 15 is 0 Å². The molecule has 0 atom stereocenters. The van der Waals surface area contributed by atoms with Gasteiger partial charge in [0.2, 0.25) is 5.91 Å². The Hall–Kier alpha value is -2.12. The molecular weight excluding hydrogens is 402 g/mol. The molecule has 0 saturated carbocycles. The molecule has 0 spiro atoms. The van der Waals surface area contributed by atoms with Gasteiger partial charge < -0.3 is 4.90 Å². The normalized spacial score (nSPS) is 13.4. The second kappa shape index (κ2) is 8.71. The first-order valence-corrected chi connectivity index (χ1v) is 11.8. The van der Waals surface area contributed by atoms with Crippen LogP contribution in [0.4, 0.5) is 0 Å². The molecule has 1 aromatic carbocycles. The van der Waals surface area contributed by atoms with Crippen LogP contribution in [0.1, 0.15) is 35.8 Å². The Labute approximate surface area is 178 Å². The highest BCUT2D eigenvalue weighted by atomic mass is 32.2. The van der Waals surface area contributed by atoms with Crippen LogP contribution in [0.15, 0.2) is 40.3 Å². The largest absolute Gasteiger partial charge is 0.341 e. The molecule has 0 saturated heterocycles. The fraction of sp³-hybridized carbons (Fsp3) is 0.409. The van der Waals surface area contributed by atoms with Crippen molar-refractivity contribution in [3.8, 4) is 0 Å². The van der Waals surface area contributed by atoms with Gasteiger partial charge in [-0.3, -0.25) is 14.2 Å². The number of hydrogen-bond acceptors (Lipinski definition) is 5. The molecule has 3 aromatic rings. The molecular formula is C22H25N3O2S2. The van der Waals surface area contributed by atoms with Crippen molar-refractivity contribution in [2.75, 3.05) is 12.8 Å². The first-order valence-electron chi connectivity index (χ1n) is 10.0. The lowest BCUT2D eigenvalue weighted by Gasteiger charge is -2.17. The first kappa shape index (κ1) is 20.2. The number of aromatic nitrogens is 2. The minimum absolute atomic E-state index is 0.0290. The number of amides is 1. The topological polar surface area (TPSA) is 55.2 Å². The van der Waals surface area contributed by atoms with Crippen LogP contribution in [0.2, 0.25) is 0 Å². The van der Waals surface area contributed by atoms with Crippen molar-refractivity contribution in [1.82, 2.24) is 14.5 Å². The summed E-state index contributed by atoms with van der Waals surface area (Å²) in [5.74, 6) is 0.299. The number of nitrogens with zero attached hydrogens (tertiary/aromatic N) is 3. The third kappa shape index (κ3) is 4.12. The molecule has 0 N–H and O–H groups in total. The van der Waals surface area contributed by atoms with Crippen molar-refractivity contribution >= 4 is 39.2 Å². The van der Waals surface area contributed by atoms with Gasteiger partial charge >= 0.3 is 0 Å². The summed E-state index contributed by atoms with van der Waals surface area (Å²) in [5, 5.41) is 1.45. The van der Waals surface area contributed by atoms with Gasteiger partial charge in [0, 0.05) is 25.0 Å². The molecule has 1 aliphatic carbocycles. The molecule has 1 amide bonds. The van der Waals surface area contributed by atoms with Crippen molar-refractivity contribution in [3.05, 3.63) is 56.7 Å². The van der Waals surface area contributed by atoms with E-state index in [9.17, 15) is 9.59 Å². The number of hydrogen-bond donors (Lipinski definition) is 0. The van der Waals surface area contributed by atoms with Crippen molar-refractivity contribution < 1.29 is 4.79 Å². The average molecular weight is 428 g/mol. The fourth-order valence-electron chi connectivity index (χ4n) is 3.79. The van der Waals surface area contributed by atoms with E-state index in [4.69, 9.17) is 4.98 Å². The molecule has 0 fully saturated rings. The van der Waals surface area contributed by atoms with Gasteiger partial charge in [0.15, 0.2) is 5.16 Å². The van der Waals surface area contributed by atoms with Gasteiger partial charge in [0.05, 0.1) is 11.1 Å². The number of thioether (sulfide) groups is 1. The number of aryl methyl sites for hydroxylation is 2. The maximum atomic E-state index is 13.2. The maximum absolute atomic E-state index is 13.2. The Morgan fingerprint density at radius 2 is 2.00 bits per heavy atom. The standard InChI is InChI=1S/C22H25N3O2S2/c1-3-25-21(27)19-16-11-7-8-12-17(16)29-20(19)23-22(25)28-14-18(26)24(2)13-15-9-5-4-6-10-15/h4-6,9-10H,3,7-8,11-14H2,1-2H3. The second-order valence-electron chi connectivity index (χ2n) is 7.36. The summed E-state index contributed by atoms with van der Waals surface area (Å²) >= 11 is 3.02. The van der Waals surface area contributed by atoms with E-state index in [1.807, 2.05) is 44.3 Å². The molecule has 29 heavy (non-hydrogen) atoms. The van der Waals surface area contributed by atoms with E-state index in [0.717, 1.165) is 35.0 Å². The molecule has 0 radical (unpaired) electrons. The Morgan fingerprint density at radius 3 is 2.76 bits per heavy atom. The lowest BCUT2D eigenvalue weighted by Crippen LogP contribution is -2.28. The molecule has 2 aromatic heterocycles. The zero-order chi connectivity index (χ0) is 20.4. The maximum Gasteiger partial charge on any atom is 0.263 e. The van der Waals surface area contributed by atoms with E-state index in [2.05, 4.69) is 0 Å². The molecule has 0 aliphatic heterocycles. The summed E-state index contributed by atoms with van der Waals surface area (Å²) < 4.78 is 1.72. The summed E-state index contributed by atoms with van der Waals surface area (Å²) in [6.45, 7) is 3.09. The molecule has 152 valence electrons. The summed E-state index contributed by atoms with van der Waals surface area (Å²) in [6.07, 6.45) is 4.35. The van der Waals surface area contributed by atoms with Crippen molar-refractivity contribution in [1.29, 1.82) is 0 Å². The summed E-state index contributed by atoms with van der Waals surface area (Å²) in [4.78, 5) is 34.4. The minimum Gasteiger partial charge on any atom is -0.341 e. The number of carbonyl (C=O) groups is 1. The number of benzene rings is 1. The Morgan fingerprint density at radius 1 is 1.24 bits per heavy atom. The lowest BCUT2D eigenvalue weighted by molar-refractivity contribution is -0.127. The molecule has 4 rings (SSSR count). The van der Waals surface area contributed by atoms with Crippen molar-refractivity contribution in [3.63, 3.8) is 0 Å². The molecule has 0 bridgehead atoms. The smallest absolute Gasteiger partial charge is 0.263 e. The first-order chi connectivity index (χ1) is 14.1. The van der Waals surface area contributed by atoms with Gasteiger partial charge in [-0.25, -0.2) is 4.98 Å². The minimum atomic E-state index is 0.0290. The van der Waals surface area contributed by atoms with Crippen LogP contribution in [0.25, 0.3) is 10.2 Å². The molecule has 1 aliphatic rings. The van der Waals surface area contributed by atoms with E-state index in [1.165, 1.54) is 28.6 Å². The predicted octanol–water partition coefficient (Wildman–Crippen LogP) is 4.11. The quantitative estimate of drug-likeness (QED) is 0.439. The summed E-state index contributed by atoms with van der Waals surface area (Å²) in [6, 6.07) is 9.94. The van der Waals surface area contributed by atoms with Gasteiger partial charge in [0.25, 0.3) is 5.56 Å². The van der Waals surface area contributed by atoms with Gasteiger partial charge in [-0.2, -0.15) is 0 Å². The number of thiophene rings is 1. The van der Waals surface area contributed by atoms with Crippen LogP contribution in [0.5, 0.6) is 0 Å². The van der Waals surface area contributed by atoms with Gasteiger partial charge in [-0.15, -0.1) is 11.3 Å². The van der Waals surface area contributed by atoms with Crippen LogP contribution in [0.3, 0.4) is 0 Å². The molecule has 0 unspecified atom stereocenters. The SMILES string of the molecule is CCn1c(SCC(=O)N(C)Cc2ccccc2)nc2sc3c(c2c1=O)CCCC3. The third-order valence-corrected chi connectivity index (χ3v) is 7.52. The Kier molecular flexibility index (Phi) is 6.06. The highest BCUT2D eigenvalue weighted by Gasteiger charge is 2.22. The number of rotatable bonds is 6. The summed E-state index contributed by atoms with van der Waals surface area (Å²) in [5.41, 5.74) is 2.36.